The van der Waals surface area contributed by atoms with E-state index >= 15 is 0 Å². The number of aromatic amines is 1. The quantitative estimate of drug-likeness (QED) is 0.474. The van der Waals surface area contributed by atoms with Gasteiger partial charge >= 0.3 is 0 Å². The summed E-state index contributed by atoms with van der Waals surface area (Å²) in [7, 11) is 0. The zero-order valence-electron chi connectivity index (χ0n) is 13.5. The van der Waals surface area contributed by atoms with Crippen molar-refractivity contribution < 1.29 is 0 Å². The van der Waals surface area contributed by atoms with Gasteiger partial charge in [0, 0.05) is 11.3 Å². The highest BCUT2D eigenvalue weighted by Crippen LogP contribution is 2.33. The zero-order valence-corrected chi connectivity index (χ0v) is 14.2. The molecule has 1 aromatic carbocycles. The van der Waals surface area contributed by atoms with Crippen LogP contribution in [0.15, 0.2) is 24.5 Å². The molecule has 0 saturated carbocycles. The van der Waals surface area contributed by atoms with E-state index in [4.69, 9.17) is 17.3 Å². The second-order valence-electron chi connectivity index (χ2n) is 6.16. The minimum Gasteiger partial charge on any atom is -0.382 e. The molecule has 122 valence electrons. The monoisotopic (exact) mass is 330 g/mol. The van der Waals surface area contributed by atoms with Crippen LogP contribution in [0.4, 0.5) is 5.82 Å². The zero-order chi connectivity index (χ0) is 16.2. The van der Waals surface area contributed by atoms with E-state index in [1.165, 1.54) is 24.8 Å². The van der Waals surface area contributed by atoms with E-state index in [0.29, 0.717) is 11.7 Å². The van der Waals surface area contributed by atoms with Crippen molar-refractivity contribution in [3.63, 3.8) is 0 Å². The molecule has 0 amide bonds. The molecule has 0 aliphatic heterocycles. The molecule has 0 bridgehead atoms. The number of rotatable bonds is 7. The number of unbranched alkanes of at least 4 members (excludes halogenated alkanes) is 3. The van der Waals surface area contributed by atoms with Crippen molar-refractivity contribution in [3.05, 3.63) is 30.1 Å². The Balaban J connectivity index is 1.90. The standard InChI is InChI=1S/C18H23ClN4/c1-12(7-4-2-3-5-10-19)13-8-6-9-14-15(13)16-17(18(20)23-14)22-11-21-16/h6,8-9,11-12H,2-5,7,10H2,1H3,(H2,20,23)(H,21,22). The van der Waals surface area contributed by atoms with Gasteiger partial charge in [-0.15, -0.1) is 11.6 Å². The minimum atomic E-state index is 0.472. The Hall–Kier alpha value is -1.81. The van der Waals surface area contributed by atoms with Crippen molar-refractivity contribution in [2.45, 2.75) is 44.9 Å². The van der Waals surface area contributed by atoms with Crippen molar-refractivity contribution in [1.29, 1.82) is 0 Å². The van der Waals surface area contributed by atoms with Crippen molar-refractivity contribution in [2.24, 2.45) is 0 Å². The molecule has 0 spiro atoms. The number of anilines is 1. The molecular weight excluding hydrogens is 308 g/mol. The molecular formula is C18H23ClN4. The lowest BCUT2D eigenvalue weighted by Gasteiger charge is -2.15. The molecule has 2 aromatic heterocycles. The van der Waals surface area contributed by atoms with E-state index in [9.17, 15) is 0 Å². The van der Waals surface area contributed by atoms with E-state index in [0.717, 1.165) is 40.7 Å². The van der Waals surface area contributed by atoms with Gasteiger partial charge in [0.1, 0.15) is 16.9 Å². The maximum Gasteiger partial charge on any atom is 0.150 e. The lowest BCUT2D eigenvalue weighted by Crippen LogP contribution is -1.99. The van der Waals surface area contributed by atoms with Crippen LogP contribution in [0, 0.1) is 0 Å². The van der Waals surface area contributed by atoms with Gasteiger partial charge in [0.05, 0.1) is 11.8 Å². The minimum absolute atomic E-state index is 0.472. The number of nitrogen functional groups attached to an aromatic ring is 1. The molecule has 0 saturated heterocycles. The number of nitrogens with zero attached hydrogens (tertiary/aromatic N) is 2. The molecule has 3 aromatic rings. The number of pyridine rings is 1. The van der Waals surface area contributed by atoms with Gasteiger partial charge in [0.15, 0.2) is 0 Å². The van der Waals surface area contributed by atoms with E-state index in [2.05, 4.69) is 34.0 Å². The summed E-state index contributed by atoms with van der Waals surface area (Å²) in [4.78, 5) is 12.1. The first-order valence-corrected chi connectivity index (χ1v) is 8.83. The third-order valence-electron chi connectivity index (χ3n) is 4.50. The molecule has 1 unspecified atom stereocenters. The number of hydrogen-bond donors (Lipinski definition) is 2. The predicted octanol–water partition coefficient (Wildman–Crippen LogP) is 4.99. The summed E-state index contributed by atoms with van der Waals surface area (Å²) in [5.74, 6) is 1.75. The first-order chi connectivity index (χ1) is 11.2. The van der Waals surface area contributed by atoms with Gasteiger partial charge in [-0.05, 0) is 30.4 Å². The normalized spacial score (nSPS) is 13.0. The lowest BCUT2D eigenvalue weighted by atomic mass is 9.91. The molecule has 4 nitrogen and oxygen atoms in total. The summed E-state index contributed by atoms with van der Waals surface area (Å²) in [5.41, 5.74) is 10.0. The summed E-state index contributed by atoms with van der Waals surface area (Å²) in [6.07, 6.45) is 7.65. The van der Waals surface area contributed by atoms with E-state index < -0.39 is 0 Å². The number of benzene rings is 1. The van der Waals surface area contributed by atoms with Crippen LogP contribution in [0.2, 0.25) is 0 Å². The molecule has 0 fully saturated rings. The SMILES string of the molecule is CC(CCCCCCCl)c1cccc2nc(N)c3[nH]cnc3c12. The van der Waals surface area contributed by atoms with Gasteiger partial charge in [0.25, 0.3) is 0 Å². The third kappa shape index (κ3) is 3.27. The number of aromatic nitrogens is 3. The average molecular weight is 331 g/mol. The number of H-pyrrole nitrogens is 1. The largest absolute Gasteiger partial charge is 0.382 e. The van der Waals surface area contributed by atoms with Crippen molar-refractivity contribution in [1.82, 2.24) is 15.0 Å². The number of hydrogen-bond acceptors (Lipinski definition) is 3. The van der Waals surface area contributed by atoms with Crippen LogP contribution in [-0.2, 0) is 0 Å². The van der Waals surface area contributed by atoms with Gasteiger partial charge in [-0.3, -0.25) is 0 Å². The molecule has 3 rings (SSSR count). The Morgan fingerprint density at radius 2 is 2.04 bits per heavy atom. The fraction of sp³-hybridized carbons (Fsp3) is 0.444. The molecule has 0 aliphatic rings. The Morgan fingerprint density at radius 1 is 1.22 bits per heavy atom. The lowest BCUT2D eigenvalue weighted by molar-refractivity contribution is 0.583. The molecule has 2 heterocycles. The van der Waals surface area contributed by atoms with Crippen LogP contribution in [-0.4, -0.2) is 20.8 Å². The summed E-state index contributed by atoms with van der Waals surface area (Å²) >= 11 is 5.73. The van der Waals surface area contributed by atoms with Crippen LogP contribution in [0.25, 0.3) is 21.9 Å². The summed E-state index contributed by atoms with van der Waals surface area (Å²) < 4.78 is 0. The molecule has 5 heteroatoms. The number of fused-ring (bicyclic) bond motifs is 3. The van der Waals surface area contributed by atoms with E-state index in [-0.39, 0.29) is 0 Å². The highest BCUT2D eigenvalue weighted by Gasteiger charge is 2.15. The number of halogens is 1. The van der Waals surface area contributed by atoms with Crippen LogP contribution >= 0.6 is 11.6 Å². The second kappa shape index (κ2) is 7.18. The maximum atomic E-state index is 6.03. The van der Waals surface area contributed by atoms with Crippen LogP contribution in [0.3, 0.4) is 0 Å². The Bertz CT molecular complexity index is 796. The van der Waals surface area contributed by atoms with Gasteiger partial charge in [-0.25, -0.2) is 9.97 Å². The average Bonchev–Trinajstić information content (AvgIpc) is 3.04. The predicted molar refractivity (Wildman–Crippen MR) is 98.0 cm³/mol. The van der Waals surface area contributed by atoms with Crippen molar-refractivity contribution in [3.8, 4) is 0 Å². The van der Waals surface area contributed by atoms with Crippen LogP contribution in [0.5, 0.6) is 0 Å². The summed E-state index contributed by atoms with van der Waals surface area (Å²) in [5, 5.41) is 1.13. The van der Waals surface area contributed by atoms with Crippen LogP contribution < -0.4 is 5.73 Å². The highest BCUT2D eigenvalue weighted by molar-refractivity contribution is 6.17. The van der Waals surface area contributed by atoms with Gasteiger partial charge in [0.2, 0.25) is 0 Å². The summed E-state index contributed by atoms with van der Waals surface area (Å²) in [6, 6.07) is 6.26. The fourth-order valence-electron chi connectivity index (χ4n) is 3.24. The van der Waals surface area contributed by atoms with Crippen molar-refractivity contribution >= 4 is 39.4 Å². The first kappa shape index (κ1) is 16.1. The number of imidazole rings is 1. The van der Waals surface area contributed by atoms with Crippen molar-refractivity contribution in [2.75, 3.05) is 11.6 Å². The highest BCUT2D eigenvalue weighted by atomic mass is 35.5. The fourth-order valence-corrected chi connectivity index (χ4v) is 3.43. The van der Waals surface area contributed by atoms with Gasteiger partial charge in [-0.1, -0.05) is 38.3 Å². The molecule has 23 heavy (non-hydrogen) atoms. The van der Waals surface area contributed by atoms with Crippen LogP contribution in [0.1, 0.15) is 50.5 Å². The molecule has 1 atom stereocenters. The Kier molecular flexibility index (Phi) is 5.01. The number of nitrogens with one attached hydrogen (secondary N) is 1. The number of nitrogens with two attached hydrogens (primary N) is 1. The Morgan fingerprint density at radius 3 is 2.87 bits per heavy atom. The second-order valence-corrected chi connectivity index (χ2v) is 6.54. The number of alkyl halides is 1. The summed E-state index contributed by atoms with van der Waals surface area (Å²) in [6.45, 7) is 2.28. The van der Waals surface area contributed by atoms with Gasteiger partial charge in [-0.2, -0.15) is 0 Å². The smallest absolute Gasteiger partial charge is 0.150 e. The Labute approximate surface area is 141 Å². The van der Waals surface area contributed by atoms with Gasteiger partial charge < -0.3 is 10.7 Å². The molecule has 0 aliphatic carbocycles. The third-order valence-corrected chi connectivity index (χ3v) is 4.77. The molecule has 3 N–H and O–H groups in total. The molecule has 0 radical (unpaired) electrons. The van der Waals surface area contributed by atoms with E-state index in [1.54, 1.807) is 6.33 Å². The topological polar surface area (TPSA) is 67.6 Å². The first-order valence-electron chi connectivity index (χ1n) is 8.29. The van der Waals surface area contributed by atoms with E-state index in [1.807, 2.05) is 6.07 Å². The maximum absolute atomic E-state index is 6.03.